The SMILES string of the molecule is CCCCCCCCCCCCCCCCOc1c2cc(-c3ccc(C#N)cc3)cc1Cc1cc(-c3ccc(C#N)cc3)cc(c1OCCCCCCCCCCCCCCCC)Cc1cc(-c3ccc(C#N)cc3)cc(c1OCCCCCCCCCCCCCCCC)Cc1cc(-c3ccc(C#N)cc3)cc(c1OCCCCCCCCCCCCCCCC)C2. The summed E-state index contributed by atoms with van der Waals surface area (Å²) in [6.07, 6.45) is 73.3. The van der Waals surface area contributed by atoms with Crippen LogP contribution in [0.15, 0.2) is 146 Å². The smallest absolute Gasteiger partial charge is 0.126 e. The molecule has 8 heteroatoms. The maximum atomic E-state index is 10.3. The summed E-state index contributed by atoms with van der Waals surface area (Å²) in [5.74, 6) is 3.53. The number of unbranched alkanes of at least 4 members (excludes halogenated alkanes) is 52. The number of fused-ring (bicyclic) bond motifs is 8. The van der Waals surface area contributed by atoms with Crippen molar-refractivity contribution in [2.45, 2.75) is 413 Å². The van der Waals surface area contributed by atoms with Gasteiger partial charge in [-0.05, 0) is 212 Å². The fraction of sp³-hybridized carbons (Fsp3) is 0.567. The second-order valence-corrected chi connectivity index (χ2v) is 37.7. The molecule has 0 spiro atoms. The van der Waals surface area contributed by atoms with Gasteiger partial charge in [0.05, 0.1) is 73.0 Å². The lowest BCUT2D eigenvalue weighted by atomic mass is 9.86. The fourth-order valence-electron chi connectivity index (χ4n) is 19.1. The highest BCUT2D eigenvalue weighted by Crippen LogP contribution is 2.46. The van der Waals surface area contributed by atoms with Crippen molar-refractivity contribution in [2.24, 2.45) is 0 Å². The molecule has 8 bridgehead atoms. The molecule has 0 unspecified atom stereocenters. The molecule has 0 saturated heterocycles. The summed E-state index contributed by atoms with van der Waals surface area (Å²) in [6.45, 7) is 11.4. The molecule has 8 nitrogen and oxygen atoms in total. The van der Waals surface area contributed by atoms with Crippen molar-refractivity contribution in [3.8, 4) is 91.8 Å². The minimum Gasteiger partial charge on any atom is -0.493 e. The van der Waals surface area contributed by atoms with E-state index >= 15 is 0 Å². The molecule has 8 aromatic carbocycles. The molecule has 0 saturated carbocycles. The van der Waals surface area contributed by atoms with Crippen molar-refractivity contribution in [2.75, 3.05) is 26.4 Å². The van der Waals surface area contributed by atoms with E-state index in [-0.39, 0.29) is 0 Å². The van der Waals surface area contributed by atoms with Gasteiger partial charge in [0.15, 0.2) is 0 Å². The van der Waals surface area contributed by atoms with Gasteiger partial charge in [0.25, 0.3) is 0 Å². The van der Waals surface area contributed by atoms with Gasteiger partial charge in [-0.15, -0.1) is 0 Å². The monoisotopic (exact) mass is 1730 g/mol. The van der Waals surface area contributed by atoms with E-state index in [0.717, 1.165) is 163 Å². The van der Waals surface area contributed by atoms with E-state index in [4.69, 9.17) is 18.9 Å². The van der Waals surface area contributed by atoms with Crippen LogP contribution >= 0.6 is 0 Å². The Morgan fingerprint density at radius 2 is 0.297 bits per heavy atom. The van der Waals surface area contributed by atoms with Gasteiger partial charge in [0.2, 0.25) is 0 Å². The van der Waals surface area contributed by atoms with Gasteiger partial charge in [-0.25, -0.2) is 0 Å². The molecule has 128 heavy (non-hydrogen) atoms. The molecule has 1 aliphatic rings. The van der Waals surface area contributed by atoms with Crippen LogP contribution < -0.4 is 18.9 Å². The summed E-state index contributed by atoms with van der Waals surface area (Å²) in [5, 5.41) is 41.2. The Hall–Kier alpha value is -9.08. The number of nitrogens with zero attached hydrogens (tertiary/aromatic N) is 4. The first-order valence-corrected chi connectivity index (χ1v) is 52.4. The van der Waals surface area contributed by atoms with Crippen LogP contribution in [0.1, 0.15) is 454 Å². The van der Waals surface area contributed by atoms with Crippen LogP contribution in [0.2, 0.25) is 0 Å². The second-order valence-electron chi connectivity index (χ2n) is 37.7. The van der Waals surface area contributed by atoms with Crippen LogP contribution in [0.4, 0.5) is 0 Å². The second kappa shape index (κ2) is 63.8. The van der Waals surface area contributed by atoms with Gasteiger partial charge < -0.3 is 18.9 Å². The molecule has 0 fully saturated rings. The number of nitriles is 4. The summed E-state index contributed by atoms with van der Waals surface area (Å²) >= 11 is 0. The molecular formula is C120H164N4O4. The largest absolute Gasteiger partial charge is 0.493 e. The zero-order valence-electron chi connectivity index (χ0n) is 80.5. The summed E-state index contributed by atoms with van der Waals surface area (Å²) in [6, 6.07) is 60.9. The molecule has 8 aromatic rings. The standard InChI is InChI=1S/C120H164N4O4/c1-5-9-13-17-21-25-29-33-37-41-45-49-53-57-77-125-117-109-81-105(101-69-61-97(93-121)62-70-101)82-110(117)90-112-84-107(103-73-65-99(95-123)66-74-103)86-114(119(112)127-79-59-55-51-47-43-39-35-31-27-23-19-15-11-7-3)92-116-88-108(104-75-67-100(96-124)68-76-104)87-115(120(116)128-80-60-56-52-48-44-40-36-32-28-24-20-16-12-8-4)91-113-85-106(102-71-63-98(94-122)64-72-102)83-111(89-109)118(113)126-78-58-54-50-46-42-38-34-30-26-22-18-14-10-6-2/h61-76,81-88H,5-60,77-80,89-92H2,1-4H3. The van der Waals surface area contributed by atoms with E-state index in [1.807, 2.05) is 48.5 Å². The van der Waals surface area contributed by atoms with Crippen molar-refractivity contribution < 1.29 is 18.9 Å². The Labute approximate surface area is 778 Å². The molecule has 0 atom stereocenters. The predicted molar refractivity (Wildman–Crippen MR) is 541 cm³/mol. The minimum atomic E-state index is 0.481. The normalized spacial score (nSPS) is 11.8. The maximum absolute atomic E-state index is 10.3. The highest BCUT2D eigenvalue weighted by molar-refractivity contribution is 5.76. The third-order valence-electron chi connectivity index (χ3n) is 26.9. The average Bonchev–Trinajstić information content (AvgIpc) is 0.762. The van der Waals surface area contributed by atoms with Crippen LogP contribution in [-0.4, -0.2) is 26.4 Å². The zero-order chi connectivity index (χ0) is 89.7. The Kier molecular flexibility index (Phi) is 51.2. The van der Waals surface area contributed by atoms with Crippen molar-refractivity contribution in [3.63, 3.8) is 0 Å². The van der Waals surface area contributed by atoms with E-state index < -0.39 is 0 Å². The number of ether oxygens (including phenoxy) is 4. The Bertz CT molecular complexity index is 3870. The summed E-state index contributed by atoms with van der Waals surface area (Å²) in [7, 11) is 0. The van der Waals surface area contributed by atoms with Crippen molar-refractivity contribution in [1.29, 1.82) is 21.0 Å². The van der Waals surface area contributed by atoms with Crippen LogP contribution in [0.5, 0.6) is 23.0 Å². The number of benzene rings is 8. The van der Waals surface area contributed by atoms with E-state index in [1.54, 1.807) is 0 Å². The van der Waals surface area contributed by atoms with E-state index in [0.29, 0.717) is 74.4 Å². The third kappa shape index (κ3) is 38.2. The molecule has 9 rings (SSSR count). The first-order chi connectivity index (χ1) is 63.3. The van der Waals surface area contributed by atoms with Gasteiger partial charge in [-0.3, -0.25) is 0 Å². The van der Waals surface area contributed by atoms with Crippen molar-refractivity contribution >= 4 is 0 Å². The molecular weight excluding hydrogens is 1560 g/mol. The predicted octanol–water partition coefficient (Wildman–Crippen LogP) is 36.0. The molecule has 0 radical (unpaired) electrons. The molecule has 0 aromatic heterocycles. The van der Waals surface area contributed by atoms with Crippen LogP contribution in [0.25, 0.3) is 44.5 Å². The number of rotatable bonds is 68. The number of hydrogen-bond acceptors (Lipinski definition) is 8. The Morgan fingerprint density at radius 1 is 0.172 bits per heavy atom. The van der Waals surface area contributed by atoms with Gasteiger partial charge in [0, 0.05) is 25.7 Å². The quantitative estimate of drug-likeness (QED) is 0.0344. The van der Waals surface area contributed by atoms with Crippen molar-refractivity contribution in [3.05, 3.63) is 212 Å². The fourth-order valence-corrected chi connectivity index (χ4v) is 19.1. The molecule has 0 amide bonds. The topological polar surface area (TPSA) is 132 Å². The van der Waals surface area contributed by atoms with Gasteiger partial charge in [-0.1, -0.05) is 410 Å². The minimum absolute atomic E-state index is 0.481. The summed E-state index contributed by atoms with van der Waals surface area (Å²) in [4.78, 5) is 0. The summed E-state index contributed by atoms with van der Waals surface area (Å²) < 4.78 is 30.5. The Morgan fingerprint density at radius 3 is 0.422 bits per heavy atom. The van der Waals surface area contributed by atoms with Crippen LogP contribution in [-0.2, 0) is 25.7 Å². The lowest BCUT2D eigenvalue weighted by Crippen LogP contribution is -2.11. The lowest BCUT2D eigenvalue weighted by Gasteiger charge is -2.25. The lowest BCUT2D eigenvalue weighted by molar-refractivity contribution is 0.293. The zero-order valence-corrected chi connectivity index (χ0v) is 80.5. The van der Waals surface area contributed by atoms with Crippen LogP contribution in [0.3, 0.4) is 0 Å². The van der Waals surface area contributed by atoms with Gasteiger partial charge in [-0.2, -0.15) is 21.0 Å². The summed E-state index contributed by atoms with van der Waals surface area (Å²) in [5.41, 5.74) is 19.1. The van der Waals surface area contributed by atoms with E-state index in [9.17, 15) is 21.0 Å². The molecule has 688 valence electrons. The van der Waals surface area contributed by atoms with Crippen LogP contribution in [0, 0.1) is 45.3 Å². The molecule has 0 N–H and O–H groups in total. The maximum Gasteiger partial charge on any atom is 0.126 e. The van der Waals surface area contributed by atoms with Crippen molar-refractivity contribution in [1.82, 2.24) is 0 Å². The van der Waals surface area contributed by atoms with E-state index in [2.05, 4.69) is 149 Å². The molecule has 1 aliphatic carbocycles. The van der Waals surface area contributed by atoms with E-state index in [1.165, 1.54) is 308 Å². The van der Waals surface area contributed by atoms with Gasteiger partial charge >= 0.3 is 0 Å². The average molecular weight is 1730 g/mol. The first-order valence-electron chi connectivity index (χ1n) is 52.4. The van der Waals surface area contributed by atoms with Gasteiger partial charge in [0.1, 0.15) is 23.0 Å². The highest BCUT2D eigenvalue weighted by atomic mass is 16.5. The first kappa shape index (κ1) is 103. The molecule has 0 heterocycles. The number of hydrogen-bond donors (Lipinski definition) is 0. The molecule has 0 aliphatic heterocycles. The highest BCUT2D eigenvalue weighted by Gasteiger charge is 2.27. The third-order valence-corrected chi connectivity index (χ3v) is 26.9. The Balaban J connectivity index is 1.18.